The Morgan fingerprint density at radius 2 is 1.41 bits per heavy atom. The maximum Gasteiger partial charge on any atom is 0.303 e. The van der Waals surface area contributed by atoms with Gasteiger partial charge < -0.3 is 20.4 Å². The van der Waals surface area contributed by atoms with E-state index in [0.29, 0.717) is 12.8 Å². The molecule has 0 heterocycles. The summed E-state index contributed by atoms with van der Waals surface area (Å²) in [5.74, 6) is -0.861. The normalized spacial score (nSPS) is 16.6. The number of aliphatic hydroxyl groups excluding tert-OH is 3. The minimum Gasteiger partial charge on any atom is -0.481 e. The van der Waals surface area contributed by atoms with Crippen LogP contribution in [0.4, 0.5) is 0 Å². The van der Waals surface area contributed by atoms with E-state index in [1.807, 2.05) is 19.1 Å². The molecule has 0 aliphatic heterocycles. The molecule has 0 fully saturated rings. The fourth-order valence-corrected chi connectivity index (χ4v) is 1.94. The van der Waals surface area contributed by atoms with Crippen LogP contribution in [0.25, 0.3) is 0 Å². The highest BCUT2D eigenvalue weighted by molar-refractivity contribution is 5.66. The van der Waals surface area contributed by atoms with E-state index in [9.17, 15) is 20.1 Å². The fourth-order valence-electron chi connectivity index (χ4n) is 1.94. The van der Waals surface area contributed by atoms with Crippen molar-refractivity contribution in [1.29, 1.82) is 0 Å². The maximum atomic E-state index is 10.4. The lowest BCUT2D eigenvalue weighted by Gasteiger charge is -2.11. The molecule has 4 N–H and O–H groups in total. The average Bonchev–Trinajstić information content (AvgIpc) is 2.63. The number of carbonyl (C=O) groups is 1. The van der Waals surface area contributed by atoms with Gasteiger partial charge in [-0.2, -0.15) is 0 Å². The zero-order valence-electron chi connectivity index (χ0n) is 15.9. The van der Waals surface area contributed by atoms with Crippen molar-refractivity contribution in [1.82, 2.24) is 0 Å². The predicted octanol–water partition coefficient (Wildman–Crippen LogP) is 3.46. The smallest absolute Gasteiger partial charge is 0.303 e. The summed E-state index contributed by atoms with van der Waals surface area (Å²) in [5.41, 5.74) is 0. The molecule has 0 rings (SSSR count). The number of carboxylic acids is 1. The summed E-state index contributed by atoms with van der Waals surface area (Å²) in [6.07, 6.45) is 20.9. The van der Waals surface area contributed by atoms with Crippen molar-refractivity contribution in [3.8, 4) is 0 Å². The molecule has 0 aliphatic rings. The van der Waals surface area contributed by atoms with Gasteiger partial charge in [0.2, 0.25) is 0 Å². The van der Waals surface area contributed by atoms with E-state index in [1.165, 1.54) is 6.08 Å². The lowest BCUT2D eigenvalue weighted by molar-refractivity contribution is -0.136. The Hall–Kier alpha value is -2.21. The van der Waals surface area contributed by atoms with Gasteiger partial charge in [0.15, 0.2) is 0 Å². The second-order valence-corrected chi connectivity index (χ2v) is 5.92. The first-order chi connectivity index (χ1) is 13.0. The Bertz CT molecular complexity index is 555. The van der Waals surface area contributed by atoms with Gasteiger partial charge in [0.1, 0.15) is 0 Å². The molecule has 0 aromatic carbocycles. The molecular weight excluding hydrogens is 344 g/mol. The fraction of sp³-hybridized carbons (Fsp3) is 0.409. The number of rotatable bonds is 14. The van der Waals surface area contributed by atoms with Crippen molar-refractivity contribution in [3.63, 3.8) is 0 Å². The second kappa shape index (κ2) is 17.2. The zero-order chi connectivity index (χ0) is 20.3. The van der Waals surface area contributed by atoms with Gasteiger partial charge in [-0.3, -0.25) is 4.79 Å². The Morgan fingerprint density at radius 1 is 0.815 bits per heavy atom. The first-order valence-electron chi connectivity index (χ1n) is 9.21. The number of carboxylic acid groups (broad SMARTS) is 1. The third-order valence-corrected chi connectivity index (χ3v) is 3.44. The maximum absolute atomic E-state index is 10.4. The van der Waals surface area contributed by atoms with Gasteiger partial charge >= 0.3 is 5.97 Å². The molecule has 150 valence electrons. The van der Waals surface area contributed by atoms with Crippen LogP contribution in [-0.2, 0) is 4.79 Å². The lowest BCUT2D eigenvalue weighted by atomic mass is 10.1. The van der Waals surface area contributed by atoms with E-state index in [1.54, 1.807) is 54.7 Å². The van der Waals surface area contributed by atoms with Crippen molar-refractivity contribution < 1.29 is 25.2 Å². The lowest BCUT2D eigenvalue weighted by Crippen LogP contribution is -2.22. The summed E-state index contributed by atoms with van der Waals surface area (Å²) >= 11 is 0. The van der Waals surface area contributed by atoms with Crippen LogP contribution in [0.2, 0.25) is 0 Å². The van der Waals surface area contributed by atoms with Crippen LogP contribution in [0.1, 0.15) is 39.0 Å². The molecule has 0 radical (unpaired) electrons. The summed E-state index contributed by atoms with van der Waals surface area (Å²) in [7, 11) is 0. The molecule has 0 spiro atoms. The number of allylic oxidation sites excluding steroid dienone is 8. The van der Waals surface area contributed by atoms with Crippen molar-refractivity contribution in [3.05, 3.63) is 72.9 Å². The minimum absolute atomic E-state index is 0.0530. The standard InChI is InChI=1S/C22H32O5/c1-2-3-9-14-19(23)15-10-6-4-5-7-11-16-20(24)21(25)17-12-8-13-18-22(26)27/h3-12,15-16,19-21,23-25H,2,13-14,17-18H2,1H3,(H,26,27)/b6-4-,7-5+,9-3-,12-8-,15-10+,16-11+. The molecule has 3 unspecified atom stereocenters. The molecule has 5 nitrogen and oxygen atoms in total. The molecule has 0 bridgehead atoms. The van der Waals surface area contributed by atoms with E-state index in [0.717, 1.165) is 6.42 Å². The van der Waals surface area contributed by atoms with Crippen LogP contribution in [0.15, 0.2) is 72.9 Å². The number of hydrogen-bond donors (Lipinski definition) is 4. The van der Waals surface area contributed by atoms with Crippen LogP contribution < -0.4 is 0 Å². The molecule has 0 aliphatic carbocycles. The van der Waals surface area contributed by atoms with Crippen LogP contribution in [0.3, 0.4) is 0 Å². The third-order valence-electron chi connectivity index (χ3n) is 3.44. The highest BCUT2D eigenvalue weighted by Crippen LogP contribution is 2.03. The Kier molecular flexibility index (Phi) is 15.8. The Balaban J connectivity index is 4.06. The highest BCUT2D eigenvalue weighted by atomic mass is 16.4. The molecule has 0 aromatic heterocycles. The van der Waals surface area contributed by atoms with Crippen LogP contribution in [-0.4, -0.2) is 44.7 Å². The van der Waals surface area contributed by atoms with Gasteiger partial charge in [0.05, 0.1) is 18.3 Å². The van der Waals surface area contributed by atoms with Gasteiger partial charge in [-0.1, -0.05) is 79.8 Å². The molecule has 5 heteroatoms. The van der Waals surface area contributed by atoms with E-state index < -0.39 is 24.3 Å². The van der Waals surface area contributed by atoms with Crippen LogP contribution in [0, 0.1) is 0 Å². The minimum atomic E-state index is -0.992. The van der Waals surface area contributed by atoms with Crippen molar-refractivity contribution in [2.45, 2.75) is 57.3 Å². The van der Waals surface area contributed by atoms with E-state index in [4.69, 9.17) is 5.11 Å². The van der Waals surface area contributed by atoms with Crippen molar-refractivity contribution in [2.75, 3.05) is 0 Å². The summed E-state index contributed by atoms with van der Waals surface area (Å²) in [4.78, 5) is 10.4. The van der Waals surface area contributed by atoms with E-state index >= 15 is 0 Å². The molecule has 27 heavy (non-hydrogen) atoms. The highest BCUT2D eigenvalue weighted by Gasteiger charge is 2.10. The summed E-state index contributed by atoms with van der Waals surface area (Å²) in [6.45, 7) is 2.05. The topological polar surface area (TPSA) is 98.0 Å². The van der Waals surface area contributed by atoms with Crippen molar-refractivity contribution >= 4 is 5.97 Å². The van der Waals surface area contributed by atoms with Gasteiger partial charge in [-0.15, -0.1) is 0 Å². The first-order valence-corrected chi connectivity index (χ1v) is 9.21. The molecule has 3 atom stereocenters. The predicted molar refractivity (Wildman–Crippen MR) is 109 cm³/mol. The molecule has 0 saturated carbocycles. The number of aliphatic hydroxyl groups is 3. The van der Waals surface area contributed by atoms with Gasteiger partial charge in [-0.25, -0.2) is 0 Å². The summed E-state index contributed by atoms with van der Waals surface area (Å²) < 4.78 is 0. The number of hydrogen-bond acceptors (Lipinski definition) is 4. The van der Waals surface area contributed by atoms with Gasteiger partial charge in [-0.05, 0) is 25.7 Å². The summed E-state index contributed by atoms with van der Waals surface area (Å²) in [5, 5.41) is 37.7. The Morgan fingerprint density at radius 3 is 2.04 bits per heavy atom. The second-order valence-electron chi connectivity index (χ2n) is 5.92. The van der Waals surface area contributed by atoms with E-state index in [-0.39, 0.29) is 12.8 Å². The molecule has 0 aromatic rings. The third kappa shape index (κ3) is 17.0. The van der Waals surface area contributed by atoms with Gasteiger partial charge in [0, 0.05) is 6.42 Å². The van der Waals surface area contributed by atoms with Crippen molar-refractivity contribution in [2.24, 2.45) is 0 Å². The quantitative estimate of drug-likeness (QED) is 0.275. The molecule has 0 amide bonds. The first kappa shape index (κ1) is 24.8. The summed E-state index contributed by atoms with van der Waals surface area (Å²) in [6, 6.07) is 0. The van der Waals surface area contributed by atoms with Crippen LogP contribution >= 0.6 is 0 Å². The largest absolute Gasteiger partial charge is 0.481 e. The average molecular weight is 376 g/mol. The SMILES string of the molecule is CC/C=C\CC(O)/C=C/C=C\C=C\C=C\C(O)C(O)C/C=C\CCC(=O)O. The molecule has 0 saturated heterocycles. The zero-order valence-corrected chi connectivity index (χ0v) is 15.9. The Labute approximate surface area is 162 Å². The van der Waals surface area contributed by atoms with E-state index in [2.05, 4.69) is 0 Å². The monoisotopic (exact) mass is 376 g/mol. The van der Waals surface area contributed by atoms with Crippen LogP contribution in [0.5, 0.6) is 0 Å². The number of aliphatic carboxylic acids is 1. The molecular formula is C22H32O5. The van der Waals surface area contributed by atoms with Gasteiger partial charge in [0.25, 0.3) is 0 Å².